The van der Waals surface area contributed by atoms with Crippen LogP contribution in [0.25, 0.3) is 10.9 Å². The van der Waals surface area contributed by atoms with Gasteiger partial charge in [0, 0.05) is 22.2 Å². The quantitative estimate of drug-likeness (QED) is 0.254. The highest BCUT2D eigenvalue weighted by Crippen LogP contribution is 2.36. The van der Waals surface area contributed by atoms with Crippen molar-refractivity contribution in [1.82, 2.24) is 14.9 Å². The summed E-state index contributed by atoms with van der Waals surface area (Å²) >= 11 is 12.2. The monoisotopic (exact) mass is 538 g/mol. The van der Waals surface area contributed by atoms with Crippen LogP contribution in [0.1, 0.15) is 12.8 Å². The normalized spacial score (nSPS) is 14.5. The summed E-state index contributed by atoms with van der Waals surface area (Å²) < 4.78 is 17.7. The van der Waals surface area contributed by atoms with Crippen LogP contribution in [-0.4, -0.2) is 48.7 Å². The zero-order chi connectivity index (χ0) is 25.8. The smallest absolute Gasteiger partial charge is 0.163 e. The van der Waals surface area contributed by atoms with Gasteiger partial charge in [-0.3, -0.25) is 0 Å². The van der Waals surface area contributed by atoms with Crippen molar-refractivity contribution in [3.8, 4) is 23.0 Å². The minimum atomic E-state index is 0.450. The second-order valence-electron chi connectivity index (χ2n) is 9.13. The molecule has 0 radical (unpaired) electrons. The number of benzene rings is 3. The number of anilines is 2. The Labute approximate surface area is 226 Å². The first-order chi connectivity index (χ1) is 18.0. The number of aromatic nitrogens is 2. The van der Waals surface area contributed by atoms with Gasteiger partial charge in [-0.25, -0.2) is 9.97 Å². The average molecular weight is 539 g/mol. The van der Waals surface area contributed by atoms with Crippen LogP contribution in [-0.2, 0) is 0 Å². The molecule has 1 aliphatic heterocycles. The molecule has 1 fully saturated rings. The number of ether oxygens (including phenoxy) is 3. The van der Waals surface area contributed by atoms with E-state index in [2.05, 4.69) is 27.2 Å². The van der Waals surface area contributed by atoms with E-state index in [0.29, 0.717) is 51.4 Å². The van der Waals surface area contributed by atoms with Gasteiger partial charge >= 0.3 is 0 Å². The number of piperidine rings is 1. The predicted molar refractivity (Wildman–Crippen MR) is 148 cm³/mol. The highest BCUT2D eigenvalue weighted by Gasteiger charge is 2.19. The molecule has 0 saturated carbocycles. The van der Waals surface area contributed by atoms with Gasteiger partial charge in [0.15, 0.2) is 11.5 Å². The summed E-state index contributed by atoms with van der Waals surface area (Å²) in [4.78, 5) is 11.3. The Morgan fingerprint density at radius 1 is 0.946 bits per heavy atom. The molecule has 192 valence electrons. The zero-order valence-corrected chi connectivity index (χ0v) is 22.2. The van der Waals surface area contributed by atoms with Gasteiger partial charge in [0.05, 0.1) is 24.3 Å². The van der Waals surface area contributed by atoms with Gasteiger partial charge in [-0.05, 0) is 87.4 Å². The number of fused-ring (bicyclic) bond motifs is 1. The number of halogens is 2. The van der Waals surface area contributed by atoms with Crippen LogP contribution >= 0.6 is 23.2 Å². The molecular formula is C28H28Cl2N4O3. The number of rotatable bonds is 8. The van der Waals surface area contributed by atoms with Crippen molar-refractivity contribution in [3.63, 3.8) is 0 Å². The second kappa shape index (κ2) is 11.4. The minimum absolute atomic E-state index is 0.450. The van der Waals surface area contributed by atoms with E-state index in [1.54, 1.807) is 25.3 Å². The molecule has 0 atom stereocenters. The van der Waals surface area contributed by atoms with Crippen molar-refractivity contribution in [2.24, 2.45) is 5.92 Å². The Hall–Kier alpha value is -3.26. The Kier molecular flexibility index (Phi) is 7.84. The molecule has 4 aromatic rings. The van der Waals surface area contributed by atoms with E-state index in [1.807, 2.05) is 36.4 Å². The van der Waals surface area contributed by atoms with Crippen LogP contribution < -0.4 is 19.5 Å². The van der Waals surface area contributed by atoms with Crippen molar-refractivity contribution in [3.05, 3.63) is 71.0 Å². The van der Waals surface area contributed by atoms with E-state index in [-0.39, 0.29) is 0 Å². The lowest BCUT2D eigenvalue weighted by Gasteiger charge is -2.28. The molecule has 1 aliphatic rings. The summed E-state index contributed by atoms with van der Waals surface area (Å²) in [6, 6.07) is 16.5. The number of hydrogen-bond acceptors (Lipinski definition) is 7. The van der Waals surface area contributed by atoms with E-state index in [1.165, 1.54) is 6.33 Å². The maximum Gasteiger partial charge on any atom is 0.163 e. The van der Waals surface area contributed by atoms with Crippen molar-refractivity contribution in [2.45, 2.75) is 12.8 Å². The predicted octanol–water partition coefficient (Wildman–Crippen LogP) is 7.20. The molecule has 1 N–H and O–H groups in total. The second-order valence-corrected chi connectivity index (χ2v) is 9.97. The largest absolute Gasteiger partial charge is 0.493 e. The molecule has 5 rings (SSSR count). The average Bonchev–Trinajstić information content (AvgIpc) is 2.90. The molecule has 7 nitrogen and oxygen atoms in total. The summed E-state index contributed by atoms with van der Waals surface area (Å²) in [7, 11) is 3.81. The van der Waals surface area contributed by atoms with Crippen LogP contribution in [0.4, 0.5) is 11.5 Å². The van der Waals surface area contributed by atoms with Gasteiger partial charge in [0.2, 0.25) is 0 Å². The summed E-state index contributed by atoms with van der Waals surface area (Å²) in [6.07, 6.45) is 3.82. The molecule has 9 heteroatoms. The molecule has 0 amide bonds. The first-order valence-corrected chi connectivity index (χ1v) is 12.9. The molecule has 0 spiro atoms. The Morgan fingerprint density at radius 3 is 2.46 bits per heavy atom. The van der Waals surface area contributed by atoms with Crippen LogP contribution in [0.2, 0.25) is 10.0 Å². The fourth-order valence-corrected chi connectivity index (χ4v) is 4.75. The van der Waals surface area contributed by atoms with Gasteiger partial charge < -0.3 is 24.4 Å². The molecule has 0 bridgehead atoms. The highest BCUT2D eigenvalue weighted by molar-refractivity contribution is 6.35. The molecule has 37 heavy (non-hydrogen) atoms. The Bertz CT molecular complexity index is 1380. The highest BCUT2D eigenvalue weighted by atomic mass is 35.5. The maximum absolute atomic E-state index is 6.22. The van der Waals surface area contributed by atoms with Crippen molar-refractivity contribution in [2.75, 3.05) is 39.2 Å². The van der Waals surface area contributed by atoms with E-state index in [4.69, 9.17) is 37.4 Å². The number of nitrogens with zero attached hydrogens (tertiary/aromatic N) is 3. The molecule has 1 saturated heterocycles. The molecular weight excluding hydrogens is 511 g/mol. The third-order valence-corrected chi connectivity index (χ3v) is 7.00. The van der Waals surface area contributed by atoms with Crippen LogP contribution in [0.5, 0.6) is 23.0 Å². The van der Waals surface area contributed by atoms with Gasteiger partial charge in [0.1, 0.15) is 23.6 Å². The summed E-state index contributed by atoms with van der Waals surface area (Å²) in [6.45, 7) is 2.88. The Morgan fingerprint density at radius 2 is 1.73 bits per heavy atom. The number of methoxy groups -OCH3 is 1. The van der Waals surface area contributed by atoms with Crippen molar-refractivity contribution < 1.29 is 14.2 Å². The summed E-state index contributed by atoms with van der Waals surface area (Å²) in [5.74, 6) is 3.74. The number of nitrogens with one attached hydrogen (secondary N) is 1. The number of hydrogen-bond donors (Lipinski definition) is 1. The third kappa shape index (κ3) is 6.18. The standard InChI is InChI=1S/C28H28Cl2N4O3/c1-34-11-9-18(10-12-34)16-36-27-15-24-22(14-26(27)35-2)28(32-17-31-24)33-20-4-6-21(7-5-20)37-25-8-3-19(29)13-23(25)30/h3-8,13-15,17-18H,9-12,16H2,1-2H3,(H,31,32,33). The minimum Gasteiger partial charge on any atom is -0.493 e. The van der Waals surface area contributed by atoms with Crippen LogP contribution in [0.3, 0.4) is 0 Å². The van der Waals surface area contributed by atoms with E-state index in [0.717, 1.165) is 42.5 Å². The van der Waals surface area contributed by atoms with Crippen molar-refractivity contribution >= 4 is 45.6 Å². The topological polar surface area (TPSA) is 68.7 Å². The van der Waals surface area contributed by atoms with Crippen molar-refractivity contribution in [1.29, 1.82) is 0 Å². The fraction of sp³-hybridized carbons (Fsp3) is 0.286. The first kappa shape index (κ1) is 25.4. The Balaban J connectivity index is 1.31. The van der Waals surface area contributed by atoms with Gasteiger partial charge in [-0.15, -0.1) is 0 Å². The molecule has 1 aromatic heterocycles. The fourth-order valence-electron chi connectivity index (χ4n) is 4.30. The number of likely N-dealkylation sites (tertiary alicyclic amines) is 1. The van der Waals surface area contributed by atoms with E-state index in [9.17, 15) is 0 Å². The zero-order valence-electron chi connectivity index (χ0n) is 20.7. The van der Waals surface area contributed by atoms with Crippen LogP contribution in [0.15, 0.2) is 60.9 Å². The third-order valence-electron chi connectivity index (χ3n) is 6.47. The SMILES string of the molecule is COc1cc2c(Nc3ccc(Oc4ccc(Cl)cc4Cl)cc3)ncnc2cc1OCC1CCN(C)CC1. The molecule has 2 heterocycles. The maximum atomic E-state index is 6.22. The summed E-state index contributed by atoms with van der Waals surface area (Å²) in [5.41, 5.74) is 1.62. The van der Waals surface area contributed by atoms with E-state index >= 15 is 0 Å². The van der Waals surface area contributed by atoms with Gasteiger partial charge in [-0.1, -0.05) is 23.2 Å². The van der Waals surface area contributed by atoms with E-state index < -0.39 is 0 Å². The lowest BCUT2D eigenvalue weighted by atomic mass is 9.98. The first-order valence-electron chi connectivity index (χ1n) is 12.1. The lowest BCUT2D eigenvalue weighted by molar-refractivity contribution is 0.157. The molecule has 0 unspecified atom stereocenters. The molecule has 3 aromatic carbocycles. The van der Waals surface area contributed by atoms with Crippen LogP contribution in [0, 0.1) is 5.92 Å². The molecule has 0 aliphatic carbocycles. The van der Waals surface area contributed by atoms with Gasteiger partial charge in [0.25, 0.3) is 0 Å². The summed E-state index contributed by atoms with van der Waals surface area (Å²) in [5, 5.41) is 5.20. The van der Waals surface area contributed by atoms with Gasteiger partial charge in [-0.2, -0.15) is 0 Å². The lowest BCUT2D eigenvalue weighted by Crippen LogP contribution is -2.32.